The Labute approximate surface area is 86.8 Å². The van der Waals surface area contributed by atoms with E-state index in [-0.39, 0.29) is 0 Å². The molecule has 0 saturated carbocycles. The van der Waals surface area contributed by atoms with E-state index in [1.165, 1.54) is 22.4 Å². The average Bonchev–Trinajstić information content (AvgIpc) is 2.16. The fraction of sp³-hybridized carbons (Fsp3) is 0.385. The van der Waals surface area contributed by atoms with Gasteiger partial charge in [0.2, 0.25) is 0 Å². The lowest BCUT2D eigenvalue weighted by molar-refractivity contribution is 0.866. The molecule has 0 spiro atoms. The summed E-state index contributed by atoms with van der Waals surface area (Å²) in [7, 11) is 1.96. The van der Waals surface area contributed by atoms with Gasteiger partial charge in [0.25, 0.3) is 0 Å². The van der Waals surface area contributed by atoms with E-state index in [1.54, 1.807) is 0 Å². The molecular weight excluding hydrogens is 170 g/mol. The number of nitrogens with one attached hydrogen (secondary N) is 1. The van der Waals surface area contributed by atoms with Gasteiger partial charge in [-0.15, -0.1) is 0 Å². The fourth-order valence-electron chi connectivity index (χ4n) is 1.75. The van der Waals surface area contributed by atoms with Crippen molar-refractivity contribution in [2.45, 2.75) is 26.7 Å². The van der Waals surface area contributed by atoms with Crippen LogP contribution in [0.4, 0.5) is 5.69 Å². The zero-order chi connectivity index (χ0) is 10.7. The maximum Gasteiger partial charge on any atom is 0.0446 e. The van der Waals surface area contributed by atoms with Gasteiger partial charge in [0.1, 0.15) is 0 Å². The minimum atomic E-state index is 0.538. The molecule has 0 saturated heterocycles. The van der Waals surface area contributed by atoms with E-state index in [0.717, 1.165) is 0 Å². The van der Waals surface area contributed by atoms with Crippen LogP contribution in [0.5, 0.6) is 0 Å². The molecular formula is C13H19N. The summed E-state index contributed by atoms with van der Waals surface area (Å²) in [5, 5.41) is 3.25. The van der Waals surface area contributed by atoms with E-state index >= 15 is 0 Å². The Kier molecular flexibility index (Phi) is 3.34. The van der Waals surface area contributed by atoms with Crippen LogP contribution >= 0.6 is 0 Å². The van der Waals surface area contributed by atoms with Crippen LogP contribution in [-0.2, 0) is 0 Å². The van der Waals surface area contributed by atoms with Gasteiger partial charge in [0.15, 0.2) is 0 Å². The van der Waals surface area contributed by atoms with Crippen LogP contribution in [0, 0.1) is 6.92 Å². The fourth-order valence-corrected chi connectivity index (χ4v) is 1.75. The Bertz CT molecular complexity index is 337. The van der Waals surface area contributed by atoms with Crippen LogP contribution < -0.4 is 5.32 Å². The summed E-state index contributed by atoms with van der Waals surface area (Å²) in [4.78, 5) is 0. The first-order valence-corrected chi connectivity index (χ1v) is 5.04. The third-order valence-corrected chi connectivity index (χ3v) is 2.44. The first-order chi connectivity index (χ1) is 6.60. The van der Waals surface area contributed by atoms with Crippen LogP contribution in [0.2, 0.25) is 0 Å². The van der Waals surface area contributed by atoms with Gasteiger partial charge in [-0.2, -0.15) is 0 Å². The van der Waals surface area contributed by atoms with Gasteiger partial charge in [0.05, 0.1) is 0 Å². The van der Waals surface area contributed by atoms with Crippen molar-refractivity contribution < 1.29 is 0 Å². The number of anilines is 1. The standard InChI is InChI=1S/C13H19N/c1-6-11-7-10(4)8-12(9(2)3)13(11)14-5/h6-9,14H,1H2,2-5H3. The highest BCUT2D eigenvalue weighted by Crippen LogP contribution is 2.29. The molecule has 0 atom stereocenters. The van der Waals surface area contributed by atoms with Crippen molar-refractivity contribution in [3.05, 3.63) is 35.4 Å². The Morgan fingerprint density at radius 2 is 2.00 bits per heavy atom. The molecule has 76 valence electrons. The summed E-state index contributed by atoms with van der Waals surface area (Å²) in [6, 6.07) is 4.40. The summed E-state index contributed by atoms with van der Waals surface area (Å²) in [5.74, 6) is 0.538. The van der Waals surface area contributed by atoms with Gasteiger partial charge in [-0.25, -0.2) is 0 Å². The average molecular weight is 189 g/mol. The predicted molar refractivity (Wildman–Crippen MR) is 64.9 cm³/mol. The van der Waals surface area contributed by atoms with Gasteiger partial charge >= 0.3 is 0 Å². The van der Waals surface area contributed by atoms with Gasteiger partial charge in [-0.1, -0.05) is 38.1 Å². The molecule has 0 aliphatic rings. The van der Waals surface area contributed by atoms with E-state index in [2.05, 4.69) is 44.8 Å². The second-order valence-electron chi connectivity index (χ2n) is 3.93. The highest BCUT2D eigenvalue weighted by atomic mass is 14.8. The van der Waals surface area contributed by atoms with Gasteiger partial charge < -0.3 is 5.32 Å². The molecule has 1 rings (SSSR count). The highest BCUT2D eigenvalue weighted by Gasteiger charge is 2.09. The van der Waals surface area contributed by atoms with Crippen molar-refractivity contribution in [2.24, 2.45) is 0 Å². The molecule has 1 nitrogen and oxygen atoms in total. The van der Waals surface area contributed by atoms with Crippen molar-refractivity contribution in [2.75, 3.05) is 12.4 Å². The maximum atomic E-state index is 3.84. The summed E-state index contributed by atoms with van der Waals surface area (Å²) in [6.45, 7) is 10.4. The number of hydrogen-bond acceptors (Lipinski definition) is 1. The van der Waals surface area contributed by atoms with Gasteiger partial charge in [-0.3, -0.25) is 0 Å². The summed E-state index contributed by atoms with van der Waals surface area (Å²) < 4.78 is 0. The van der Waals surface area contributed by atoms with Crippen LogP contribution in [-0.4, -0.2) is 7.05 Å². The summed E-state index contributed by atoms with van der Waals surface area (Å²) >= 11 is 0. The summed E-state index contributed by atoms with van der Waals surface area (Å²) in [5.41, 5.74) is 5.06. The first kappa shape index (κ1) is 10.8. The van der Waals surface area contributed by atoms with E-state index in [4.69, 9.17) is 0 Å². The largest absolute Gasteiger partial charge is 0.387 e. The molecule has 0 amide bonds. The molecule has 0 heterocycles. The van der Waals surface area contributed by atoms with Crippen molar-refractivity contribution in [3.63, 3.8) is 0 Å². The summed E-state index contributed by atoms with van der Waals surface area (Å²) in [6.07, 6.45) is 1.91. The number of hydrogen-bond donors (Lipinski definition) is 1. The second-order valence-corrected chi connectivity index (χ2v) is 3.93. The maximum absolute atomic E-state index is 3.84. The lowest BCUT2D eigenvalue weighted by Crippen LogP contribution is -2.00. The number of aryl methyl sites for hydroxylation is 1. The zero-order valence-corrected chi connectivity index (χ0v) is 9.52. The third kappa shape index (κ3) is 1.98. The van der Waals surface area contributed by atoms with Crippen LogP contribution in [0.25, 0.3) is 6.08 Å². The lowest BCUT2D eigenvalue weighted by Gasteiger charge is -2.16. The van der Waals surface area contributed by atoms with Crippen molar-refractivity contribution in [3.8, 4) is 0 Å². The minimum absolute atomic E-state index is 0.538. The van der Waals surface area contributed by atoms with E-state index in [9.17, 15) is 0 Å². The van der Waals surface area contributed by atoms with E-state index < -0.39 is 0 Å². The molecule has 1 aromatic carbocycles. The Balaban J connectivity index is 3.39. The smallest absolute Gasteiger partial charge is 0.0446 e. The van der Waals surface area contributed by atoms with Crippen molar-refractivity contribution >= 4 is 11.8 Å². The molecule has 0 unspecified atom stereocenters. The molecule has 14 heavy (non-hydrogen) atoms. The van der Waals surface area contributed by atoms with E-state index in [0.29, 0.717) is 5.92 Å². The molecule has 0 aliphatic heterocycles. The van der Waals surface area contributed by atoms with Gasteiger partial charge in [-0.05, 0) is 30.0 Å². The molecule has 1 heteroatoms. The van der Waals surface area contributed by atoms with Gasteiger partial charge in [0, 0.05) is 12.7 Å². The Morgan fingerprint density at radius 3 is 2.43 bits per heavy atom. The number of benzene rings is 1. The first-order valence-electron chi connectivity index (χ1n) is 5.04. The van der Waals surface area contributed by atoms with Crippen LogP contribution in [0.3, 0.4) is 0 Å². The van der Waals surface area contributed by atoms with Crippen LogP contribution in [0.15, 0.2) is 18.7 Å². The molecule has 0 aliphatic carbocycles. The Hall–Kier alpha value is -1.24. The number of rotatable bonds is 3. The van der Waals surface area contributed by atoms with Crippen molar-refractivity contribution in [1.82, 2.24) is 0 Å². The Morgan fingerprint density at radius 1 is 1.36 bits per heavy atom. The topological polar surface area (TPSA) is 12.0 Å². The molecule has 0 bridgehead atoms. The molecule has 1 N–H and O–H groups in total. The quantitative estimate of drug-likeness (QED) is 0.762. The second kappa shape index (κ2) is 4.32. The molecule has 1 aromatic rings. The third-order valence-electron chi connectivity index (χ3n) is 2.44. The molecule has 0 fully saturated rings. The monoisotopic (exact) mass is 189 g/mol. The normalized spacial score (nSPS) is 10.4. The predicted octanol–water partition coefficient (Wildman–Crippen LogP) is 3.80. The highest BCUT2D eigenvalue weighted by molar-refractivity contribution is 5.70. The van der Waals surface area contributed by atoms with Crippen molar-refractivity contribution in [1.29, 1.82) is 0 Å². The molecule has 0 radical (unpaired) electrons. The SMILES string of the molecule is C=Cc1cc(C)cc(C(C)C)c1NC. The zero-order valence-electron chi connectivity index (χ0n) is 9.52. The molecule has 0 aromatic heterocycles. The minimum Gasteiger partial charge on any atom is -0.387 e. The van der Waals surface area contributed by atoms with E-state index in [1.807, 2.05) is 13.1 Å². The lowest BCUT2D eigenvalue weighted by atomic mass is 9.95. The van der Waals surface area contributed by atoms with Crippen LogP contribution in [0.1, 0.15) is 36.5 Å².